The third-order valence-electron chi connectivity index (χ3n) is 5.71. The standard InChI is InChI=1S/C26H24BrFN4O3S/c1-16-7-9-22(11-17(16)2)32-18(3)29-30-26(32)36-25(14-31(33)34)23-13-20(27)8-10-24(23)35-15-19-5-4-6-21(28)12-19/h4-13,25H,14-15H2,1-3H3/t25-/m0/s1. The number of halogens is 2. The Morgan fingerprint density at radius 3 is 2.61 bits per heavy atom. The summed E-state index contributed by atoms with van der Waals surface area (Å²) in [5, 5.41) is 20.2. The fraction of sp³-hybridized carbons (Fsp3) is 0.231. The number of aromatic nitrogens is 3. The molecule has 186 valence electrons. The van der Waals surface area contributed by atoms with E-state index in [1.54, 1.807) is 24.3 Å². The SMILES string of the molecule is Cc1ccc(-n2c(C)nnc2S[C@@H](C[N+](=O)[O-])c2cc(Br)ccc2OCc2cccc(F)c2)cc1C. The Bertz CT molecular complexity index is 1410. The van der Waals surface area contributed by atoms with Crippen molar-refractivity contribution in [3.05, 3.63) is 109 Å². The van der Waals surface area contributed by atoms with Crippen LogP contribution in [0.1, 0.15) is 33.3 Å². The molecule has 0 amide bonds. The summed E-state index contributed by atoms with van der Waals surface area (Å²) < 4.78 is 22.3. The third kappa shape index (κ3) is 6.11. The second kappa shape index (κ2) is 11.2. The van der Waals surface area contributed by atoms with Crippen LogP contribution >= 0.6 is 27.7 Å². The number of rotatable bonds is 9. The average molecular weight is 571 g/mol. The van der Waals surface area contributed by atoms with Gasteiger partial charge < -0.3 is 4.74 Å². The lowest BCUT2D eigenvalue weighted by Crippen LogP contribution is -2.13. The zero-order chi connectivity index (χ0) is 25.8. The number of nitrogens with zero attached hydrogens (tertiary/aromatic N) is 4. The molecule has 0 aliphatic heterocycles. The van der Waals surface area contributed by atoms with E-state index in [1.165, 1.54) is 29.5 Å². The van der Waals surface area contributed by atoms with Gasteiger partial charge in [-0.05, 0) is 79.9 Å². The third-order valence-corrected chi connectivity index (χ3v) is 7.36. The van der Waals surface area contributed by atoms with Crippen LogP contribution in [0.2, 0.25) is 0 Å². The van der Waals surface area contributed by atoms with Gasteiger partial charge in [-0.3, -0.25) is 14.7 Å². The highest BCUT2D eigenvalue weighted by Gasteiger charge is 2.27. The molecule has 1 atom stereocenters. The molecule has 4 rings (SSSR count). The van der Waals surface area contributed by atoms with Crippen LogP contribution in [0.5, 0.6) is 5.75 Å². The molecule has 0 unspecified atom stereocenters. The highest BCUT2D eigenvalue weighted by atomic mass is 79.9. The maximum atomic E-state index is 13.6. The summed E-state index contributed by atoms with van der Waals surface area (Å²) >= 11 is 4.73. The van der Waals surface area contributed by atoms with E-state index in [9.17, 15) is 14.5 Å². The maximum absolute atomic E-state index is 13.6. The van der Waals surface area contributed by atoms with Gasteiger partial charge >= 0.3 is 0 Å². The zero-order valence-corrected chi connectivity index (χ0v) is 22.3. The second-order valence-electron chi connectivity index (χ2n) is 8.36. The second-order valence-corrected chi connectivity index (χ2v) is 10.4. The van der Waals surface area contributed by atoms with Crippen LogP contribution in [-0.4, -0.2) is 26.2 Å². The molecule has 0 aliphatic carbocycles. The molecule has 1 aromatic heterocycles. The Hall–Kier alpha value is -3.24. The minimum atomic E-state index is -0.617. The summed E-state index contributed by atoms with van der Waals surface area (Å²) in [7, 11) is 0. The van der Waals surface area contributed by atoms with Crippen molar-refractivity contribution in [2.45, 2.75) is 37.8 Å². The van der Waals surface area contributed by atoms with Crippen LogP contribution in [0.25, 0.3) is 5.69 Å². The van der Waals surface area contributed by atoms with E-state index in [-0.39, 0.29) is 23.9 Å². The van der Waals surface area contributed by atoms with Crippen molar-refractivity contribution in [1.29, 1.82) is 0 Å². The van der Waals surface area contributed by atoms with Gasteiger partial charge in [0.15, 0.2) is 5.16 Å². The first kappa shape index (κ1) is 25.8. The summed E-state index contributed by atoms with van der Waals surface area (Å²) in [6.45, 7) is 5.70. The van der Waals surface area contributed by atoms with Crippen molar-refractivity contribution in [2.75, 3.05) is 6.54 Å². The van der Waals surface area contributed by atoms with Gasteiger partial charge in [0.05, 0.1) is 0 Å². The van der Waals surface area contributed by atoms with Crippen molar-refractivity contribution in [3.8, 4) is 11.4 Å². The van der Waals surface area contributed by atoms with Gasteiger partial charge in [0.2, 0.25) is 6.54 Å². The number of hydrogen-bond acceptors (Lipinski definition) is 6. The van der Waals surface area contributed by atoms with Crippen molar-refractivity contribution < 1.29 is 14.1 Å². The molecule has 10 heteroatoms. The molecular formula is C26H24BrFN4O3S. The van der Waals surface area contributed by atoms with E-state index in [0.29, 0.717) is 27.9 Å². The van der Waals surface area contributed by atoms with E-state index in [4.69, 9.17) is 4.74 Å². The van der Waals surface area contributed by atoms with E-state index >= 15 is 0 Å². The van der Waals surface area contributed by atoms with Crippen molar-refractivity contribution in [2.24, 2.45) is 0 Å². The Morgan fingerprint density at radius 1 is 1.08 bits per heavy atom. The fourth-order valence-corrected chi connectivity index (χ4v) is 5.30. The lowest BCUT2D eigenvalue weighted by atomic mass is 10.1. The van der Waals surface area contributed by atoms with Crippen LogP contribution < -0.4 is 4.74 Å². The molecule has 0 bridgehead atoms. The van der Waals surface area contributed by atoms with E-state index < -0.39 is 5.25 Å². The minimum absolute atomic E-state index is 0.125. The normalized spacial score (nSPS) is 11.9. The summed E-state index contributed by atoms with van der Waals surface area (Å²) in [4.78, 5) is 11.3. The predicted molar refractivity (Wildman–Crippen MR) is 141 cm³/mol. The smallest absolute Gasteiger partial charge is 0.220 e. The molecule has 0 saturated carbocycles. The van der Waals surface area contributed by atoms with Crippen molar-refractivity contribution >= 4 is 27.7 Å². The molecular weight excluding hydrogens is 547 g/mol. The van der Waals surface area contributed by atoms with Crippen LogP contribution in [0, 0.1) is 36.7 Å². The average Bonchev–Trinajstić information content (AvgIpc) is 3.19. The summed E-state index contributed by atoms with van der Waals surface area (Å²) in [5.41, 5.74) is 4.47. The van der Waals surface area contributed by atoms with Crippen LogP contribution in [0.4, 0.5) is 4.39 Å². The minimum Gasteiger partial charge on any atom is -0.489 e. The molecule has 36 heavy (non-hydrogen) atoms. The lowest BCUT2D eigenvalue weighted by molar-refractivity contribution is -0.479. The molecule has 7 nitrogen and oxygen atoms in total. The highest BCUT2D eigenvalue weighted by molar-refractivity contribution is 9.10. The molecule has 0 spiro atoms. The van der Waals surface area contributed by atoms with Gasteiger partial charge in [-0.2, -0.15) is 0 Å². The zero-order valence-electron chi connectivity index (χ0n) is 19.9. The Balaban J connectivity index is 1.69. The topological polar surface area (TPSA) is 83.1 Å². The van der Waals surface area contributed by atoms with Crippen molar-refractivity contribution in [1.82, 2.24) is 14.8 Å². The number of thioether (sulfide) groups is 1. The maximum Gasteiger partial charge on any atom is 0.220 e. The van der Waals surface area contributed by atoms with Crippen molar-refractivity contribution in [3.63, 3.8) is 0 Å². The summed E-state index contributed by atoms with van der Waals surface area (Å²) in [6, 6.07) is 17.6. The summed E-state index contributed by atoms with van der Waals surface area (Å²) in [6.07, 6.45) is 0. The highest BCUT2D eigenvalue weighted by Crippen LogP contribution is 2.41. The van der Waals surface area contributed by atoms with Gasteiger partial charge in [-0.15, -0.1) is 10.2 Å². The van der Waals surface area contributed by atoms with Crippen LogP contribution in [0.3, 0.4) is 0 Å². The molecule has 0 fully saturated rings. The first-order valence-corrected chi connectivity index (χ1v) is 12.8. The fourth-order valence-electron chi connectivity index (χ4n) is 3.73. The van der Waals surface area contributed by atoms with E-state index in [1.807, 2.05) is 49.6 Å². The molecule has 0 saturated heterocycles. The molecule has 0 aliphatic rings. The summed E-state index contributed by atoms with van der Waals surface area (Å²) in [5.74, 6) is 0.808. The molecule has 3 aromatic carbocycles. The van der Waals surface area contributed by atoms with Gasteiger partial charge in [0.25, 0.3) is 0 Å². The molecule has 0 radical (unpaired) electrons. The molecule has 1 heterocycles. The first-order chi connectivity index (χ1) is 17.2. The van der Waals surface area contributed by atoms with E-state index in [0.717, 1.165) is 15.7 Å². The largest absolute Gasteiger partial charge is 0.489 e. The van der Waals surface area contributed by atoms with E-state index in [2.05, 4.69) is 26.1 Å². The number of benzene rings is 3. The first-order valence-electron chi connectivity index (χ1n) is 11.2. The lowest BCUT2D eigenvalue weighted by Gasteiger charge is -2.18. The Morgan fingerprint density at radius 2 is 1.89 bits per heavy atom. The number of nitro groups is 1. The Labute approximate surface area is 221 Å². The monoisotopic (exact) mass is 570 g/mol. The number of aryl methyl sites for hydroxylation is 3. The number of ether oxygens (including phenoxy) is 1. The van der Waals surface area contributed by atoms with Gasteiger partial charge in [-0.1, -0.05) is 45.9 Å². The Kier molecular flexibility index (Phi) is 8.05. The van der Waals surface area contributed by atoms with Gasteiger partial charge in [0.1, 0.15) is 29.2 Å². The van der Waals surface area contributed by atoms with Gasteiger partial charge in [0, 0.05) is 20.6 Å². The predicted octanol–water partition coefficient (Wildman–Crippen LogP) is 6.78. The molecule has 4 aromatic rings. The quantitative estimate of drug-likeness (QED) is 0.125. The van der Waals surface area contributed by atoms with Crippen LogP contribution in [-0.2, 0) is 6.61 Å². The number of hydrogen-bond donors (Lipinski definition) is 0. The molecule has 0 N–H and O–H groups in total. The van der Waals surface area contributed by atoms with Crippen LogP contribution in [0.15, 0.2) is 70.3 Å². The van der Waals surface area contributed by atoms with Gasteiger partial charge in [-0.25, -0.2) is 4.39 Å².